The minimum atomic E-state index is -0.0176. The van der Waals surface area contributed by atoms with Crippen LogP contribution in [0.15, 0.2) is 6.20 Å². The smallest absolute Gasteiger partial charge is 0.271 e. The largest absolute Gasteiger partial charge is 0.348 e. The Bertz CT molecular complexity index is 394. The maximum Gasteiger partial charge on any atom is 0.271 e. The van der Waals surface area contributed by atoms with Gasteiger partial charge in [0.15, 0.2) is 0 Å². The van der Waals surface area contributed by atoms with E-state index in [9.17, 15) is 4.79 Å². The van der Waals surface area contributed by atoms with Gasteiger partial charge in [-0.3, -0.25) is 4.79 Å². The van der Waals surface area contributed by atoms with Crippen LogP contribution in [0, 0.1) is 0 Å². The first-order chi connectivity index (χ1) is 7.83. The second-order valence-corrected chi connectivity index (χ2v) is 4.48. The molecule has 3 rings (SSSR count). The van der Waals surface area contributed by atoms with Crippen molar-refractivity contribution in [3.05, 3.63) is 17.7 Å². The fourth-order valence-electron chi connectivity index (χ4n) is 1.97. The Morgan fingerprint density at radius 1 is 1.39 bits per heavy atom. The maximum absolute atomic E-state index is 11.8. The van der Waals surface area contributed by atoms with E-state index in [1.54, 1.807) is 0 Å². The van der Waals surface area contributed by atoms with E-state index in [-0.39, 0.29) is 30.7 Å². The van der Waals surface area contributed by atoms with Crippen LogP contribution in [0.2, 0.25) is 0 Å². The molecule has 102 valence electrons. The summed E-state index contributed by atoms with van der Waals surface area (Å²) < 4.78 is 2.09. The molecule has 2 heterocycles. The van der Waals surface area contributed by atoms with E-state index in [0.29, 0.717) is 11.7 Å². The van der Waals surface area contributed by atoms with Crippen LogP contribution < -0.4 is 10.6 Å². The van der Waals surface area contributed by atoms with Gasteiger partial charge in [-0.1, -0.05) is 0 Å². The van der Waals surface area contributed by atoms with Gasteiger partial charge in [0, 0.05) is 38.3 Å². The molecule has 0 aromatic carbocycles. The standard InChI is InChI=1S/C11H16N4O.2ClH/c16-11(13-8-1-2-8)9-7-15-6-5-12-4-3-10(15)14-9;;/h7-8,12H,1-6H2,(H,13,16);2*1H. The summed E-state index contributed by atoms with van der Waals surface area (Å²) >= 11 is 0. The Morgan fingerprint density at radius 3 is 2.89 bits per heavy atom. The molecule has 1 amide bonds. The quantitative estimate of drug-likeness (QED) is 0.846. The van der Waals surface area contributed by atoms with Crippen molar-refractivity contribution in [3.8, 4) is 0 Å². The van der Waals surface area contributed by atoms with Crippen LogP contribution in [0.25, 0.3) is 0 Å². The summed E-state index contributed by atoms with van der Waals surface area (Å²) in [6, 6.07) is 0.399. The van der Waals surface area contributed by atoms with Gasteiger partial charge in [0.25, 0.3) is 5.91 Å². The maximum atomic E-state index is 11.8. The van der Waals surface area contributed by atoms with Crippen LogP contribution in [0.1, 0.15) is 29.2 Å². The van der Waals surface area contributed by atoms with Crippen LogP contribution in [0.4, 0.5) is 0 Å². The van der Waals surface area contributed by atoms with Gasteiger partial charge < -0.3 is 15.2 Å². The Morgan fingerprint density at radius 2 is 2.17 bits per heavy atom. The van der Waals surface area contributed by atoms with Crippen molar-refractivity contribution < 1.29 is 4.79 Å². The van der Waals surface area contributed by atoms with Gasteiger partial charge in [0.2, 0.25) is 0 Å². The SMILES string of the molecule is Cl.Cl.O=C(NC1CC1)c1cn2c(n1)CCNCC2. The van der Waals surface area contributed by atoms with Crippen molar-refractivity contribution in [2.24, 2.45) is 0 Å². The molecule has 18 heavy (non-hydrogen) atoms. The molecule has 2 aliphatic rings. The highest BCUT2D eigenvalue weighted by Crippen LogP contribution is 2.19. The van der Waals surface area contributed by atoms with Crippen molar-refractivity contribution in [1.82, 2.24) is 20.2 Å². The molecular formula is C11H18Cl2N4O. The van der Waals surface area contributed by atoms with Gasteiger partial charge in [-0.25, -0.2) is 4.98 Å². The molecule has 1 aromatic heterocycles. The average molecular weight is 293 g/mol. The molecule has 0 atom stereocenters. The highest BCUT2D eigenvalue weighted by Gasteiger charge is 2.25. The lowest BCUT2D eigenvalue weighted by Gasteiger charge is -2.00. The molecule has 5 nitrogen and oxygen atoms in total. The number of hydrogen-bond donors (Lipinski definition) is 2. The molecule has 1 aliphatic heterocycles. The summed E-state index contributed by atoms with van der Waals surface area (Å²) in [5.74, 6) is 1.00. The van der Waals surface area contributed by atoms with Gasteiger partial charge in [-0.15, -0.1) is 24.8 Å². The van der Waals surface area contributed by atoms with Crippen molar-refractivity contribution in [2.45, 2.75) is 31.8 Å². The van der Waals surface area contributed by atoms with E-state index >= 15 is 0 Å². The highest BCUT2D eigenvalue weighted by molar-refractivity contribution is 5.92. The molecule has 0 radical (unpaired) electrons. The number of halogens is 2. The number of aromatic nitrogens is 2. The zero-order valence-electron chi connectivity index (χ0n) is 10.0. The first-order valence-electron chi connectivity index (χ1n) is 5.90. The van der Waals surface area contributed by atoms with Crippen LogP contribution in [-0.2, 0) is 13.0 Å². The average Bonchev–Trinajstić information content (AvgIpc) is 3.03. The Balaban J connectivity index is 0.000000810. The molecule has 1 saturated carbocycles. The highest BCUT2D eigenvalue weighted by atomic mass is 35.5. The third-order valence-corrected chi connectivity index (χ3v) is 3.06. The van der Waals surface area contributed by atoms with Crippen LogP contribution >= 0.6 is 24.8 Å². The number of carbonyl (C=O) groups excluding carboxylic acids is 1. The molecule has 0 spiro atoms. The molecule has 0 bridgehead atoms. The number of nitrogens with one attached hydrogen (secondary N) is 2. The van der Waals surface area contributed by atoms with Gasteiger partial charge >= 0.3 is 0 Å². The minimum Gasteiger partial charge on any atom is -0.348 e. The monoisotopic (exact) mass is 292 g/mol. The number of rotatable bonds is 2. The summed E-state index contributed by atoms with van der Waals surface area (Å²) in [6.45, 7) is 2.80. The number of nitrogens with zero attached hydrogens (tertiary/aromatic N) is 2. The predicted molar refractivity (Wildman–Crippen MR) is 73.8 cm³/mol. The second kappa shape index (κ2) is 6.41. The summed E-state index contributed by atoms with van der Waals surface area (Å²) in [7, 11) is 0. The molecular weight excluding hydrogens is 275 g/mol. The van der Waals surface area contributed by atoms with Crippen LogP contribution in [0.5, 0.6) is 0 Å². The number of amides is 1. The Kier molecular flexibility index (Phi) is 5.44. The number of carbonyl (C=O) groups is 1. The molecule has 1 aromatic rings. The molecule has 1 aliphatic carbocycles. The van der Waals surface area contributed by atoms with E-state index in [2.05, 4.69) is 20.2 Å². The first kappa shape index (κ1) is 15.3. The number of imidazole rings is 1. The van der Waals surface area contributed by atoms with E-state index < -0.39 is 0 Å². The topological polar surface area (TPSA) is 59.0 Å². The number of hydrogen-bond acceptors (Lipinski definition) is 3. The van der Waals surface area contributed by atoms with Crippen LogP contribution in [0.3, 0.4) is 0 Å². The zero-order valence-corrected chi connectivity index (χ0v) is 11.6. The van der Waals surface area contributed by atoms with Crippen molar-refractivity contribution in [2.75, 3.05) is 13.1 Å². The van der Waals surface area contributed by atoms with E-state index in [1.807, 2.05) is 6.20 Å². The third-order valence-electron chi connectivity index (χ3n) is 3.06. The lowest BCUT2D eigenvalue weighted by Crippen LogP contribution is -2.26. The normalized spacial score (nSPS) is 17.8. The zero-order chi connectivity index (χ0) is 11.0. The first-order valence-corrected chi connectivity index (χ1v) is 5.90. The second-order valence-electron chi connectivity index (χ2n) is 4.48. The summed E-state index contributed by atoms with van der Waals surface area (Å²) in [6.07, 6.45) is 5.00. The van der Waals surface area contributed by atoms with Gasteiger partial charge in [0.05, 0.1) is 0 Å². The molecule has 7 heteroatoms. The van der Waals surface area contributed by atoms with Gasteiger partial charge in [0.1, 0.15) is 11.5 Å². The minimum absolute atomic E-state index is 0. The van der Waals surface area contributed by atoms with Crippen molar-refractivity contribution in [3.63, 3.8) is 0 Å². The lowest BCUT2D eigenvalue weighted by atomic mass is 10.4. The number of fused-ring (bicyclic) bond motifs is 1. The van der Waals surface area contributed by atoms with E-state index in [4.69, 9.17) is 0 Å². The van der Waals surface area contributed by atoms with Crippen LogP contribution in [-0.4, -0.2) is 34.6 Å². The molecule has 1 fully saturated rings. The Labute approximate surface area is 119 Å². The van der Waals surface area contributed by atoms with Gasteiger partial charge in [-0.05, 0) is 12.8 Å². The summed E-state index contributed by atoms with van der Waals surface area (Å²) in [4.78, 5) is 16.2. The van der Waals surface area contributed by atoms with E-state index in [0.717, 1.165) is 44.7 Å². The Hall–Kier alpha value is -0.780. The van der Waals surface area contributed by atoms with Gasteiger partial charge in [-0.2, -0.15) is 0 Å². The fraction of sp³-hybridized carbons (Fsp3) is 0.636. The van der Waals surface area contributed by atoms with Crippen molar-refractivity contribution in [1.29, 1.82) is 0 Å². The van der Waals surface area contributed by atoms with Crippen molar-refractivity contribution >= 4 is 30.7 Å². The third kappa shape index (κ3) is 3.37. The molecule has 0 saturated heterocycles. The van der Waals surface area contributed by atoms with E-state index in [1.165, 1.54) is 0 Å². The summed E-state index contributed by atoms with van der Waals surface area (Å²) in [5.41, 5.74) is 0.573. The fourth-order valence-corrected chi connectivity index (χ4v) is 1.97. The predicted octanol–water partition coefficient (Wildman–Crippen LogP) is 0.765. The summed E-state index contributed by atoms with van der Waals surface area (Å²) in [5, 5.41) is 6.27. The molecule has 2 N–H and O–H groups in total. The molecule has 0 unspecified atom stereocenters. The lowest BCUT2D eigenvalue weighted by molar-refractivity contribution is 0.0946.